The van der Waals surface area contributed by atoms with E-state index < -0.39 is 0 Å². The summed E-state index contributed by atoms with van der Waals surface area (Å²) >= 11 is 0. The fourth-order valence-electron chi connectivity index (χ4n) is 2.62. The zero-order valence-electron chi connectivity index (χ0n) is 10.0. The number of benzene rings is 1. The zero-order chi connectivity index (χ0) is 11.8. The van der Waals surface area contributed by atoms with Gasteiger partial charge in [-0.25, -0.2) is 4.98 Å². The maximum Gasteiger partial charge on any atom is 0.0947 e. The van der Waals surface area contributed by atoms with Crippen LogP contribution in [0.15, 0.2) is 36.8 Å². The van der Waals surface area contributed by atoms with Crippen molar-refractivity contribution in [1.82, 2.24) is 9.55 Å². The van der Waals surface area contributed by atoms with Gasteiger partial charge in [0, 0.05) is 19.3 Å². The highest BCUT2D eigenvalue weighted by Crippen LogP contribution is 2.39. The van der Waals surface area contributed by atoms with Gasteiger partial charge in [-0.15, -0.1) is 0 Å². The third-order valence-corrected chi connectivity index (χ3v) is 3.60. The molecule has 17 heavy (non-hydrogen) atoms. The van der Waals surface area contributed by atoms with E-state index in [2.05, 4.69) is 29.2 Å². The lowest BCUT2D eigenvalue weighted by Crippen LogP contribution is -2.22. The minimum Gasteiger partial charge on any atom is -0.340 e. The normalized spacial score (nSPS) is 19.5. The van der Waals surface area contributed by atoms with Crippen LogP contribution in [0.1, 0.15) is 35.2 Å². The molecule has 1 aromatic heterocycles. The van der Waals surface area contributed by atoms with Crippen LogP contribution >= 0.6 is 0 Å². The van der Waals surface area contributed by atoms with Gasteiger partial charge in [0.2, 0.25) is 0 Å². The van der Waals surface area contributed by atoms with Crippen LogP contribution in [0.2, 0.25) is 0 Å². The minimum atomic E-state index is 0.0505. The van der Waals surface area contributed by atoms with Gasteiger partial charge in [-0.2, -0.15) is 0 Å². The van der Waals surface area contributed by atoms with Gasteiger partial charge in [-0.1, -0.05) is 24.3 Å². The first-order chi connectivity index (χ1) is 8.24. The average Bonchev–Trinajstić information content (AvgIpc) is 2.73. The molecule has 2 unspecified atom stereocenters. The van der Waals surface area contributed by atoms with Gasteiger partial charge in [0.15, 0.2) is 0 Å². The van der Waals surface area contributed by atoms with Gasteiger partial charge in [-0.3, -0.25) is 0 Å². The second-order valence-electron chi connectivity index (χ2n) is 4.91. The molecule has 3 rings (SSSR count). The minimum absolute atomic E-state index is 0.0505. The summed E-state index contributed by atoms with van der Waals surface area (Å²) in [6, 6.07) is 8.69. The van der Waals surface area contributed by atoms with Crippen molar-refractivity contribution in [3.8, 4) is 0 Å². The molecule has 0 aliphatic heterocycles. The Balaban J connectivity index is 1.70. The van der Waals surface area contributed by atoms with Gasteiger partial charge < -0.3 is 10.3 Å². The van der Waals surface area contributed by atoms with Gasteiger partial charge in [0.1, 0.15) is 0 Å². The fraction of sp³-hybridized carbons (Fsp3) is 0.357. The molecular formula is C14H17N3. The summed E-state index contributed by atoms with van der Waals surface area (Å²) in [5, 5.41) is 0. The molecule has 1 aromatic carbocycles. The smallest absolute Gasteiger partial charge is 0.0947 e. The van der Waals surface area contributed by atoms with E-state index in [1.54, 1.807) is 0 Å². The summed E-state index contributed by atoms with van der Waals surface area (Å²) in [4.78, 5) is 4.32. The molecule has 3 heteroatoms. The number of imidazole rings is 1. The number of hydrogen-bond donors (Lipinski definition) is 1. The molecule has 0 saturated carbocycles. The van der Waals surface area contributed by atoms with E-state index in [4.69, 9.17) is 5.73 Å². The molecule has 0 saturated heterocycles. The van der Waals surface area contributed by atoms with Crippen molar-refractivity contribution >= 4 is 0 Å². The second kappa shape index (κ2) is 4.00. The lowest BCUT2D eigenvalue weighted by molar-refractivity contribution is 0.493. The molecule has 2 N–H and O–H groups in total. The molecule has 1 aliphatic rings. The van der Waals surface area contributed by atoms with E-state index in [1.165, 1.54) is 11.1 Å². The molecule has 1 heterocycles. The molecule has 2 aromatic rings. The molecule has 3 nitrogen and oxygen atoms in total. The highest BCUT2D eigenvalue weighted by molar-refractivity contribution is 5.40. The molecule has 88 valence electrons. The molecular weight excluding hydrogens is 210 g/mol. The lowest BCUT2D eigenvalue weighted by Gasteiger charge is -2.31. The van der Waals surface area contributed by atoms with E-state index in [9.17, 15) is 0 Å². The van der Waals surface area contributed by atoms with Crippen LogP contribution in [0.4, 0.5) is 0 Å². The topological polar surface area (TPSA) is 43.8 Å². The standard InChI is InChI=1S/C14H17N3/c1-17-8-14(16-9-17)13(15)7-11-6-10-4-2-3-5-12(10)11/h2-5,8-9,11,13H,6-7,15H2,1H3. The predicted molar refractivity (Wildman–Crippen MR) is 67.6 cm³/mol. The Morgan fingerprint density at radius 1 is 1.47 bits per heavy atom. The maximum atomic E-state index is 6.20. The average molecular weight is 227 g/mol. The second-order valence-corrected chi connectivity index (χ2v) is 4.91. The van der Waals surface area contributed by atoms with Crippen LogP contribution in [0.25, 0.3) is 0 Å². The Hall–Kier alpha value is -1.61. The quantitative estimate of drug-likeness (QED) is 0.873. The number of fused-ring (bicyclic) bond motifs is 1. The lowest BCUT2D eigenvalue weighted by atomic mass is 9.74. The molecule has 0 amide bonds. The van der Waals surface area contributed by atoms with E-state index in [-0.39, 0.29) is 6.04 Å². The predicted octanol–water partition coefficient (Wildman–Crippen LogP) is 2.15. The van der Waals surface area contributed by atoms with Gasteiger partial charge in [0.05, 0.1) is 12.0 Å². The number of aromatic nitrogens is 2. The van der Waals surface area contributed by atoms with Gasteiger partial charge in [0.25, 0.3) is 0 Å². The van der Waals surface area contributed by atoms with Crippen LogP contribution in [-0.4, -0.2) is 9.55 Å². The monoisotopic (exact) mass is 227 g/mol. The maximum absolute atomic E-state index is 6.20. The first kappa shape index (κ1) is 10.5. The summed E-state index contributed by atoms with van der Waals surface area (Å²) in [6.45, 7) is 0. The Labute approximate surface area is 101 Å². The van der Waals surface area contributed by atoms with E-state index in [0.29, 0.717) is 5.92 Å². The summed E-state index contributed by atoms with van der Waals surface area (Å²) in [6.07, 6.45) is 5.98. The SMILES string of the molecule is Cn1cnc(C(N)CC2Cc3ccccc32)c1. The first-order valence-corrected chi connectivity index (χ1v) is 6.05. The molecule has 1 aliphatic carbocycles. The Morgan fingerprint density at radius 2 is 2.29 bits per heavy atom. The van der Waals surface area contributed by atoms with Crippen molar-refractivity contribution in [3.63, 3.8) is 0 Å². The van der Waals surface area contributed by atoms with Crippen molar-refractivity contribution in [2.75, 3.05) is 0 Å². The Morgan fingerprint density at radius 3 is 3.00 bits per heavy atom. The third-order valence-electron chi connectivity index (χ3n) is 3.60. The van der Waals surface area contributed by atoms with E-state index >= 15 is 0 Å². The summed E-state index contributed by atoms with van der Waals surface area (Å²) in [5.74, 6) is 0.614. The summed E-state index contributed by atoms with van der Waals surface area (Å²) < 4.78 is 1.95. The van der Waals surface area contributed by atoms with E-state index in [1.807, 2.05) is 24.1 Å². The third kappa shape index (κ3) is 1.87. The number of nitrogens with two attached hydrogens (primary N) is 1. The van der Waals surface area contributed by atoms with E-state index in [0.717, 1.165) is 18.5 Å². The largest absolute Gasteiger partial charge is 0.340 e. The van der Waals surface area contributed by atoms with Crippen molar-refractivity contribution in [2.45, 2.75) is 24.8 Å². The highest BCUT2D eigenvalue weighted by atomic mass is 15.0. The zero-order valence-corrected chi connectivity index (χ0v) is 10.0. The molecule has 0 spiro atoms. The molecule has 2 atom stereocenters. The number of rotatable bonds is 3. The molecule has 0 radical (unpaired) electrons. The van der Waals surface area contributed by atoms with Crippen LogP contribution in [0.3, 0.4) is 0 Å². The van der Waals surface area contributed by atoms with Crippen LogP contribution < -0.4 is 5.73 Å². The van der Waals surface area contributed by atoms with Crippen LogP contribution in [0.5, 0.6) is 0 Å². The summed E-state index contributed by atoms with van der Waals surface area (Å²) in [5.41, 5.74) is 10.1. The van der Waals surface area contributed by atoms with Gasteiger partial charge in [-0.05, 0) is 29.9 Å². The first-order valence-electron chi connectivity index (χ1n) is 6.05. The Bertz CT molecular complexity index is 530. The molecule has 0 bridgehead atoms. The van der Waals surface area contributed by atoms with Crippen molar-refractivity contribution in [3.05, 3.63) is 53.6 Å². The van der Waals surface area contributed by atoms with Crippen molar-refractivity contribution < 1.29 is 0 Å². The highest BCUT2D eigenvalue weighted by Gasteiger charge is 2.27. The van der Waals surface area contributed by atoms with Gasteiger partial charge >= 0.3 is 0 Å². The summed E-state index contributed by atoms with van der Waals surface area (Å²) in [7, 11) is 1.97. The van der Waals surface area contributed by atoms with Crippen LogP contribution in [-0.2, 0) is 13.5 Å². The van der Waals surface area contributed by atoms with Crippen LogP contribution in [0, 0.1) is 0 Å². The number of aryl methyl sites for hydroxylation is 1. The number of hydrogen-bond acceptors (Lipinski definition) is 2. The fourth-order valence-corrected chi connectivity index (χ4v) is 2.62. The van der Waals surface area contributed by atoms with Crippen molar-refractivity contribution in [1.29, 1.82) is 0 Å². The number of nitrogens with zero attached hydrogens (tertiary/aromatic N) is 2. The van der Waals surface area contributed by atoms with Crippen molar-refractivity contribution in [2.24, 2.45) is 12.8 Å². The molecule has 0 fully saturated rings. The Kier molecular flexibility index (Phi) is 2.48.